The summed E-state index contributed by atoms with van der Waals surface area (Å²) in [6.07, 6.45) is 3.89. The maximum Gasteiger partial charge on any atom is 0.136 e. The van der Waals surface area contributed by atoms with Gasteiger partial charge >= 0.3 is 0 Å². The van der Waals surface area contributed by atoms with E-state index in [1.165, 1.54) is 28.0 Å². The van der Waals surface area contributed by atoms with Crippen molar-refractivity contribution < 1.29 is 0 Å². The lowest BCUT2D eigenvalue weighted by atomic mass is 9.81. The van der Waals surface area contributed by atoms with Crippen molar-refractivity contribution in [3.05, 3.63) is 53.2 Å². The molecule has 3 rings (SSSR count). The van der Waals surface area contributed by atoms with Gasteiger partial charge in [0.1, 0.15) is 5.84 Å². The molecule has 0 N–H and O–H groups in total. The molecule has 2 aliphatic rings. The third-order valence-corrected chi connectivity index (χ3v) is 4.59. The summed E-state index contributed by atoms with van der Waals surface area (Å²) >= 11 is 0. The lowest BCUT2D eigenvalue weighted by Gasteiger charge is -2.37. The number of hydrogen-bond acceptors (Lipinski definition) is 3. The maximum absolute atomic E-state index is 4.93. The predicted octanol–water partition coefficient (Wildman–Crippen LogP) is 3.48. The fraction of sp³-hybridized carbons (Fsp3) is 0.333. The van der Waals surface area contributed by atoms with Crippen LogP contribution in [-0.2, 0) is 0 Å². The van der Waals surface area contributed by atoms with Crippen molar-refractivity contribution in [2.24, 2.45) is 9.98 Å². The van der Waals surface area contributed by atoms with E-state index in [1.54, 1.807) is 0 Å². The highest BCUT2D eigenvalue weighted by Crippen LogP contribution is 2.39. The van der Waals surface area contributed by atoms with Crippen molar-refractivity contribution in [2.75, 3.05) is 14.1 Å². The SMILES string of the molecule is C=CC1N=C2c3c(cccc3C1C)C(C=NC)=C(C)N2C. The molecule has 0 aliphatic carbocycles. The van der Waals surface area contributed by atoms with Crippen molar-refractivity contribution >= 4 is 17.6 Å². The highest BCUT2D eigenvalue weighted by Gasteiger charge is 2.34. The first-order valence-corrected chi connectivity index (χ1v) is 7.31. The molecule has 2 heterocycles. The summed E-state index contributed by atoms with van der Waals surface area (Å²) in [6.45, 7) is 8.29. The molecule has 1 aromatic rings. The molecule has 108 valence electrons. The highest BCUT2D eigenvalue weighted by atomic mass is 15.2. The van der Waals surface area contributed by atoms with Crippen LogP contribution in [0, 0.1) is 0 Å². The lowest BCUT2D eigenvalue weighted by Crippen LogP contribution is -2.37. The van der Waals surface area contributed by atoms with Crippen molar-refractivity contribution in [2.45, 2.75) is 25.8 Å². The zero-order valence-corrected chi connectivity index (χ0v) is 13.1. The van der Waals surface area contributed by atoms with Gasteiger partial charge in [-0.15, -0.1) is 6.58 Å². The van der Waals surface area contributed by atoms with E-state index >= 15 is 0 Å². The number of benzene rings is 1. The lowest BCUT2D eigenvalue weighted by molar-refractivity contribution is 0.580. The summed E-state index contributed by atoms with van der Waals surface area (Å²) in [6, 6.07) is 6.65. The van der Waals surface area contributed by atoms with Crippen molar-refractivity contribution in [1.82, 2.24) is 4.90 Å². The van der Waals surface area contributed by atoms with Gasteiger partial charge in [0.2, 0.25) is 0 Å². The molecule has 0 saturated carbocycles. The molecule has 0 radical (unpaired) electrons. The van der Waals surface area contributed by atoms with Crippen molar-refractivity contribution in [3.63, 3.8) is 0 Å². The topological polar surface area (TPSA) is 28.0 Å². The minimum absolute atomic E-state index is 0.138. The molecule has 0 amide bonds. The van der Waals surface area contributed by atoms with E-state index in [4.69, 9.17) is 4.99 Å². The largest absolute Gasteiger partial charge is 0.333 e. The number of rotatable bonds is 2. The van der Waals surface area contributed by atoms with Crippen LogP contribution in [0.15, 0.2) is 46.5 Å². The van der Waals surface area contributed by atoms with Crippen molar-refractivity contribution in [3.8, 4) is 0 Å². The third kappa shape index (κ3) is 1.88. The molecule has 2 aliphatic heterocycles. The second kappa shape index (κ2) is 4.99. The zero-order chi connectivity index (χ0) is 15.1. The van der Waals surface area contributed by atoms with Crippen LogP contribution in [0.2, 0.25) is 0 Å². The van der Waals surface area contributed by atoms with Crippen LogP contribution < -0.4 is 0 Å². The van der Waals surface area contributed by atoms with E-state index in [-0.39, 0.29) is 6.04 Å². The zero-order valence-electron chi connectivity index (χ0n) is 13.1. The molecule has 0 aromatic heterocycles. The van der Waals surface area contributed by atoms with Gasteiger partial charge in [0, 0.05) is 43.1 Å². The van der Waals surface area contributed by atoms with Gasteiger partial charge in [-0.1, -0.05) is 31.2 Å². The van der Waals surface area contributed by atoms with E-state index in [2.05, 4.69) is 55.6 Å². The number of allylic oxidation sites excluding steroid dienone is 2. The molecular formula is C18H21N3. The van der Waals surface area contributed by atoms with Crippen molar-refractivity contribution in [1.29, 1.82) is 0 Å². The molecule has 0 fully saturated rings. The number of hydrogen-bond donors (Lipinski definition) is 0. The summed E-state index contributed by atoms with van der Waals surface area (Å²) in [5.74, 6) is 1.40. The number of amidine groups is 1. The van der Waals surface area contributed by atoms with Crippen LogP contribution in [0.25, 0.3) is 5.57 Å². The molecule has 0 bridgehead atoms. The summed E-state index contributed by atoms with van der Waals surface area (Å²) < 4.78 is 0. The van der Waals surface area contributed by atoms with Crippen LogP contribution in [-0.4, -0.2) is 37.1 Å². The molecule has 3 heteroatoms. The molecular weight excluding hydrogens is 258 g/mol. The second-order valence-electron chi connectivity index (χ2n) is 5.68. The minimum Gasteiger partial charge on any atom is -0.333 e. The summed E-state index contributed by atoms with van der Waals surface area (Å²) in [5, 5.41) is 0. The van der Waals surface area contributed by atoms with E-state index in [9.17, 15) is 0 Å². The minimum atomic E-state index is 0.138. The highest BCUT2D eigenvalue weighted by molar-refractivity contribution is 6.20. The van der Waals surface area contributed by atoms with E-state index < -0.39 is 0 Å². The van der Waals surface area contributed by atoms with Gasteiger partial charge in [-0.05, 0) is 18.1 Å². The molecule has 2 unspecified atom stereocenters. The fourth-order valence-electron chi connectivity index (χ4n) is 3.26. The molecule has 0 spiro atoms. The first-order chi connectivity index (χ1) is 10.1. The van der Waals surface area contributed by atoms with Gasteiger partial charge in [0.25, 0.3) is 0 Å². The van der Waals surface area contributed by atoms with Gasteiger partial charge in [-0.25, -0.2) is 0 Å². The molecule has 2 atom stereocenters. The number of nitrogens with zero attached hydrogens (tertiary/aromatic N) is 3. The first kappa shape index (κ1) is 13.8. The average molecular weight is 279 g/mol. The van der Waals surface area contributed by atoms with Gasteiger partial charge in [-0.3, -0.25) is 9.98 Å². The Balaban J connectivity index is 2.34. The van der Waals surface area contributed by atoms with Gasteiger partial charge in [0.05, 0.1) is 6.04 Å². The van der Waals surface area contributed by atoms with E-state index in [0.717, 1.165) is 5.84 Å². The van der Waals surface area contributed by atoms with Crippen LogP contribution in [0.3, 0.4) is 0 Å². The van der Waals surface area contributed by atoms with E-state index in [1.807, 2.05) is 19.3 Å². The van der Waals surface area contributed by atoms with Crippen LogP contribution in [0.4, 0.5) is 0 Å². The molecule has 1 aromatic carbocycles. The molecule has 21 heavy (non-hydrogen) atoms. The van der Waals surface area contributed by atoms with Crippen LogP contribution in [0.1, 0.15) is 36.5 Å². The summed E-state index contributed by atoms with van der Waals surface area (Å²) in [7, 11) is 3.89. The summed E-state index contributed by atoms with van der Waals surface area (Å²) in [4.78, 5) is 11.3. The predicted molar refractivity (Wildman–Crippen MR) is 90.2 cm³/mol. The molecule has 3 nitrogen and oxygen atoms in total. The Kier molecular flexibility index (Phi) is 3.28. The Morgan fingerprint density at radius 2 is 2.14 bits per heavy atom. The quantitative estimate of drug-likeness (QED) is 0.601. The van der Waals surface area contributed by atoms with Crippen LogP contribution >= 0.6 is 0 Å². The van der Waals surface area contributed by atoms with Crippen LogP contribution in [0.5, 0.6) is 0 Å². The maximum atomic E-state index is 4.93. The first-order valence-electron chi connectivity index (χ1n) is 7.31. The Hall–Kier alpha value is -2.16. The smallest absolute Gasteiger partial charge is 0.136 e. The standard InChI is InChI=1S/C18H21N3/c1-6-16-11(2)13-8-7-9-14-15(10-19-4)12(3)21(5)18(20-16)17(13)14/h6-11,16H,1H2,2-5H3. The normalized spacial score (nSPS) is 24.2. The number of aliphatic imine (C=N–C) groups is 2. The molecule has 0 saturated heterocycles. The van der Waals surface area contributed by atoms with Gasteiger partial charge < -0.3 is 4.90 Å². The Morgan fingerprint density at radius 1 is 1.38 bits per heavy atom. The fourth-order valence-corrected chi connectivity index (χ4v) is 3.26. The van der Waals surface area contributed by atoms with Gasteiger partial charge in [-0.2, -0.15) is 0 Å². The second-order valence-corrected chi connectivity index (χ2v) is 5.68. The van der Waals surface area contributed by atoms with E-state index in [0.29, 0.717) is 5.92 Å². The Bertz CT molecular complexity index is 694. The Morgan fingerprint density at radius 3 is 2.81 bits per heavy atom. The van der Waals surface area contributed by atoms with Gasteiger partial charge in [0.15, 0.2) is 0 Å². The average Bonchev–Trinajstić information content (AvgIpc) is 2.50. The monoisotopic (exact) mass is 279 g/mol. The third-order valence-electron chi connectivity index (χ3n) is 4.59. The Labute approximate surface area is 126 Å². The summed E-state index contributed by atoms with van der Waals surface area (Å²) in [5.41, 5.74) is 6.21.